The Morgan fingerprint density at radius 1 is 0.913 bits per heavy atom. The molecular weight excluding hydrogens is 364 g/mol. The van der Waals surface area contributed by atoms with Crippen molar-refractivity contribution in [3.8, 4) is 0 Å². The van der Waals surface area contributed by atoms with Crippen LogP contribution in [0.3, 0.4) is 0 Å². The van der Waals surface area contributed by atoms with E-state index in [1.165, 1.54) is 43.0 Å². The average Bonchev–Trinajstić information content (AvgIpc) is 2.64. The van der Waals surface area contributed by atoms with E-state index >= 15 is 0 Å². The summed E-state index contributed by atoms with van der Waals surface area (Å²) in [5.74, 6) is 0. The molecule has 2 aromatic rings. The Morgan fingerprint density at radius 3 is 2.09 bits per heavy atom. The van der Waals surface area contributed by atoms with E-state index in [0.29, 0.717) is 6.04 Å². The van der Waals surface area contributed by atoms with Gasteiger partial charge in [0.15, 0.2) is 0 Å². The molecule has 1 unspecified atom stereocenters. The first-order chi connectivity index (χ1) is 11.2. The molecule has 0 heterocycles. The van der Waals surface area contributed by atoms with Gasteiger partial charge in [0.05, 0.1) is 0 Å². The first-order valence-electron chi connectivity index (χ1n) is 8.68. The fourth-order valence-corrected chi connectivity index (χ4v) is 9.89. The third-order valence-corrected chi connectivity index (χ3v) is 12.2. The zero-order valence-corrected chi connectivity index (χ0v) is 16.4. The van der Waals surface area contributed by atoms with Gasteiger partial charge in [-0.1, -0.05) is 0 Å². The molecule has 1 nitrogen and oxygen atoms in total. The topological polar surface area (TPSA) is 12.0 Å². The van der Waals surface area contributed by atoms with Crippen LogP contribution in [0.4, 0.5) is 0 Å². The molecule has 0 spiro atoms. The summed E-state index contributed by atoms with van der Waals surface area (Å²) >= 11 is 3.68. The molecule has 122 valence electrons. The van der Waals surface area contributed by atoms with Gasteiger partial charge in [0, 0.05) is 0 Å². The molecule has 2 aromatic carbocycles. The second-order valence-corrected chi connectivity index (χ2v) is 13.0. The van der Waals surface area contributed by atoms with Crippen LogP contribution >= 0.6 is 5.66 Å². The van der Waals surface area contributed by atoms with E-state index in [4.69, 9.17) is 0 Å². The molecule has 1 fully saturated rings. The van der Waals surface area contributed by atoms with Gasteiger partial charge in [-0.2, -0.15) is 0 Å². The quantitative estimate of drug-likeness (QED) is 0.559. The van der Waals surface area contributed by atoms with Crippen molar-refractivity contribution in [2.45, 2.75) is 50.7 Å². The van der Waals surface area contributed by atoms with Crippen molar-refractivity contribution in [2.75, 3.05) is 0 Å². The summed E-state index contributed by atoms with van der Waals surface area (Å²) in [5, 5.41) is 5.53. The molecule has 2 atom stereocenters. The van der Waals surface area contributed by atoms with E-state index in [0.717, 1.165) is 5.66 Å². The van der Waals surface area contributed by atoms with Crippen molar-refractivity contribution < 1.29 is 0 Å². The number of nitrogens with one attached hydrogen (secondary N) is 1. The molecule has 0 aromatic heterocycles. The second kappa shape index (κ2) is 7.95. The summed E-state index contributed by atoms with van der Waals surface area (Å²) in [6, 6.07) is 22.3. The summed E-state index contributed by atoms with van der Waals surface area (Å²) in [6.07, 6.45) is 6.86. The van der Waals surface area contributed by atoms with Crippen LogP contribution in [-0.4, -0.2) is 20.8 Å². The van der Waals surface area contributed by atoms with E-state index in [9.17, 15) is 0 Å². The molecule has 1 N–H and O–H groups in total. The predicted molar refractivity (Wildman–Crippen MR) is 104 cm³/mol. The van der Waals surface area contributed by atoms with Crippen LogP contribution in [-0.2, 0) is 0 Å². The first-order valence-corrected chi connectivity index (χ1v) is 12.8. The van der Waals surface area contributed by atoms with Crippen molar-refractivity contribution in [3.63, 3.8) is 0 Å². The standard InChI is InChI=1S/C20H26NPSe/c1-17(18-11-5-2-6-12-18)21-22(23,19-13-7-3-8-14-19)20-15-9-4-10-16-20/h2-3,5-8,11-14,17,20H,4,9-10,15-16H2,1H3,(H,21,23)/t17-,22?/m0/s1. The molecule has 1 aliphatic rings. The van der Waals surface area contributed by atoms with E-state index in [-0.39, 0.29) is 0 Å². The van der Waals surface area contributed by atoms with Gasteiger partial charge in [-0.05, 0) is 0 Å². The molecule has 0 radical (unpaired) electrons. The Hall–Kier alpha value is -0.651. The van der Waals surface area contributed by atoms with Gasteiger partial charge in [-0.15, -0.1) is 0 Å². The SMILES string of the molecule is C[C@H](NP(=[Se])(c1ccccc1)C1CCCCC1)c1ccccc1. The summed E-state index contributed by atoms with van der Waals surface area (Å²) in [7, 11) is 0. The van der Waals surface area contributed by atoms with Crippen LogP contribution in [0.2, 0.25) is 0 Å². The second-order valence-electron chi connectivity index (χ2n) is 6.55. The van der Waals surface area contributed by atoms with Gasteiger partial charge in [0.2, 0.25) is 0 Å². The van der Waals surface area contributed by atoms with Gasteiger partial charge in [-0.25, -0.2) is 0 Å². The van der Waals surface area contributed by atoms with Crippen molar-refractivity contribution >= 4 is 26.1 Å². The fraction of sp³-hybridized carbons (Fsp3) is 0.400. The predicted octanol–water partition coefficient (Wildman–Crippen LogP) is 5.01. The number of hydrogen-bond donors (Lipinski definition) is 1. The van der Waals surface area contributed by atoms with Crippen LogP contribution in [0, 0.1) is 0 Å². The van der Waals surface area contributed by atoms with Gasteiger partial charge >= 0.3 is 148 Å². The summed E-state index contributed by atoms with van der Waals surface area (Å²) in [6.45, 7) is 2.30. The van der Waals surface area contributed by atoms with Gasteiger partial charge < -0.3 is 0 Å². The summed E-state index contributed by atoms with van der Waals surface area (Å²) in [4.78, 5) is 0. The molecular formula is C20H26NPSe. The third-order valence-electron chi connectivity index (χ3n) is 4.91. The minimum absolute atomic E-state index is 0.368. The number of benzene rings is 2. The summed E-state index contributed by atoms with van der Waals surface area (Å²) in [5.41, 5.74) is 0.649. The van der Waals surface area contributed by atoms with E-state index in [2.05, 4.69) is 87.8 Å². The third kappa shape index (κ3) is 4.06. The zero-order valence-electron chi connectivity index (χ0n) is 13.8. The van der Waals surface area contributed by atoms with Crippen molar-refractivity contribution in [1.82, 2.24) is 5.09 Å². The average molecular weight is 390 g/mol. The molecule has 0 aliphatic heterocycles. The normalized spacial score (nSPS) is 19.9. The van der Waals surface area contributed by atoms with Gasteiger partial charge in [0.25, 0.3) is 0 Å². The first kappa shape index (κ1) is 17.2. The van der Waals surface area contributed by atoms with Crippen molar-refractivity contribution in [1.29, 1.82) is 0 Å². The molecule has 1 aliphatic carbocycles. The van der Waals surface area contributed by atoms with E-state index < -0.39 is 5.66 Å². The Bertz CT molecular complexity index is 650. The summed E-state index contributed by atoms with van der Waals surface area (Å²) < 4.78 is 0. The monoisotopic (exact) mass is 391 g/mol. The van der Waals surface area contributed by atoms with E-state index in [1.54, 1.807) is 0 Å². The van der Waals surface area contributed by atoms with Crippen LogP contribution in [0.5, 0.6) is 0 Å². The van der Waals surface area contributed by atoms with Crippen LogP contribution in [0.1, 0.15) is 50.6 Å². The Labute approximate surface area is 148 Å². The minimum atomic E-state index is -1.49. The van der Waals surface area contributed by atoms with Crippen LogP contribution < -0.4 is 10.4 Å². The Morgan fingerprint density at radius 2 is 1.48 bits per heavy atom. The maximum absolute atomic E-state index is 4.05. The maximum atomic E-state index is 4.05. The number of rotatable bonds is 5. The van der Waals surface area contributed by atoms with Crippen LogP contribution in [0.25, 0.3) is 0 Å². The van der Waals surface area contributed by atoms with Gasteiger partial charge in [0.1, 0.15) is 0 Å². The van der Waals surface area contributed by atoms with Crippen molar-refractivity contribution in [2.24, 2.45) is 0 Å². The zero-order chi connectivity index (χ0) is 16.1. The molecule has 3 heteroatoms. The molecule has 0 saturated heterocycles. The molecule has 23 heavy (non-hydrogen) atoms. The van der Waals surface area contributed by atoms with Crippen LogP contribution in [0.15, 0.2) is 60.7 Å². The molecule has 0 bridgehead atoms. The fourth-order valence-electron chi connectivity index (χ4n) is 3.59. The Balaban J connectivity index is 1.90. The molecule has 1 saturated carbocycles. The Kier molecular flexibility index (Phi) is 5.94. The van der Waals surface area contributed by atoms with Crippen molar-refractivity contribution in [3.05, 3.63) is 66.2 Å². The number of hydrogen-bond acceptors (Lipinski definition) is 1. The molecule has 3 rings (SSSR count). The van der Waals surface area contributed by atoms with Gasteiger partial charge in [-0.3, -0.25) is 0 Å². The molecule has 0 amide bonds. The van der Waals surface area contributed by atoms with E-state index in [1.807, 2.05) is 0 Å².